The van der Waals surface area contributed by atoms with Crippen molar-refractivity contribution < 1.29 is 14.3 Å². The van der Waals surface area contributed by atoms with Gasteiger partial charge in [0.1, 0.15) is 0 Å². The van der Waals surface area contributed by atoms with Crippen LogP contribution in [0.3, 0.4) is 0 Å². The van der Waals surface area contributed by atoms with Gasteiger partial charge < -0.3 is 10.1 Å². The summed E-state index contributed by atoms with van der Waals surface area (Å²) in [6, 6.07) is 13.9. The second kappa shape index (κ2) is 8.02. The summed E-state index contributed by atoms with van der Waals surface area (Å²) in [7, 11) is 1.32. The number of hydrogen-bond donors (Lipinski definition) is 1. The van der Waals surface area contributed by atoms with Gasteiger partial charge in [0.25, 0.3) is 5.91 Å². The lowest BCUT2D eigenvalue weighted by Crippen LogP contribution is -2.22. The molecule has 6 heteroatoms. The Hall–Kier alpha value is -3.54. The zero-order chi connectivity index (χ0) is 18.4. The molecule has 0 aliphatic heterocycles. The number of pyridine rings is 2. The number of carbonyl (C=O) groups is 2. The summed E-state index contributed by atoms with van der Waals surface area (Å²) in [5, 5.41) is 2.83. The molecule has 0 aliphatic rings. The topological polar surface area (TPSA) is 81.2 Å². The van der Waals surface area contributed by atoms with Crippen LogP contribution >= 0.6 is 0 Å². The Morgan fingerprint density at radius 2 is 1.77 bits per heavy atom. The fraction of sp³-hybridized carbons (Fsp3) is 0.100. The number of amides is 1. The van der Waals surface area contributed by atoms with Crippen LogP contribution in [0.15, 0.2) is 67.1 Å². The molecule has 0 spiro atoms. The van der Waals surface area contributed by atoms with Gasteiger partial charge in [-0.15, -0.1) is 0 Å². The van der Waals surface area contributed by atoms with Crippen LogP contribution in [-0.2, 0) is 11.3 Å². The van der Waals surface area contributed by atoms with Gasteiger partial charge in [0.15, 0.2) is 0 Å². The highest BCUT2D eigenvalue weighted by Crippen LogP contribution is 2.15. The van der Waals surface area contributed by atoms with Crippen molar-refractivity contribution in [2.75, 3.05) is 7.11 Å². The molecule has 0 bridgehead atoms. The van der Waals surface area contributed by atoms with Crippen molar-refractivity contribution >= 4 is 11.9 Å². The maximum absolute atomic E-state index is 12.2. The summed E-state index contributed by atoms with van der Waals surface area (Å²) < 4.78 is 4.63. The molecule has 0 saturated carbocycles. The van der Waals surface area contributed by atoms with Crippen molar-refractivity contribution in [3.8, 4) is 11.3 Å². The molecule has 130 valence electrons. The van der Waals surface area contributed by atoms with Gasteiger partial charge in [-0.05, 0) is 48.0 Å². The van der Waals surface area contributed by atoms with Crippen molar-refractivity contribution in [1.82, 2.24) is 15.3 Å². The van der Waals surface area contributed by atoms with Gasteiger partial charge >= 0.3 is 5.97 Å². The van der Waals surface area contributed by atoms with Crippen molar-refractivity contribution in [1.29, 1.82) is 0 Å². The van der Waals surface area contributed by atoms with Crippen LogP contribution in [0.2, 0.25) is 0 Å². The molecule has 0 atom stereocenters. The molecule has 0 aliphatic carbocycles. The monoisotopic (exact) mass is 347 g/mol. The zero-order valence-corrected chi connectivity index (χ0v) is 14.2. The van der Waals surface area contributed by atoms with Gasteiger partial charge in [-0.25, -0.2) is 4.79 Å². The first-order valence-electron chi connectivity index (χ1n) is 7.99. The van der Waals surface area contributed by atoms with Crippen molar-refractivity contribution in [3.05, 3.63) is 83.8 Å². The Balaban J connectivity index is 1.60. The van der Waals surface area contributed by atoms with E-state index in [1.165, 1.54) is 7.11 Å². The normalized spacial score (nSPS) is 10.2. The Morgan fingerprint density at radius 1 is 1.00 bits per heavy atom. The van der Waals surface area contributed by atoms with Crippen molar-refractivity contribution in [3.63, 3.8) is 0 Å². The molecular formula is C20H17N3O3. The lowest BCUT2D eigenvalue weighted by atomic mass is 10.1. The number of aromatic nitrogens is 2. The third kappa shape index (κ3) is 4.10. The first-order chi connectivity index (χ1) is 12.7. The van der Waals surface area contributed by atoms with Gasteiger partial charge in [-0.2, -0.15) is 0 Å². The summed E-state index contributed by atoms with van der Waals surface area (Å²) in [5.74, 6) is -0.658. The standard InChI is InChI=1S/C20H17N3O3/c1-26-20(25)16-7-5-15(6-8-16)19(24)23-12-14-4-9-18(22-11-14)17-3-2-10-21-13-17/h2-11,13H,12H2,1H3,(H,23,24). The quantitative estimate of drug-likeness (QED) is 0.718. The Labute approximate surface area is 150 Å². The van der Waals surface area contributed by atoms with Crippen LogP contribution in [0.1, 0.15) is 26.3 Å². The molecule has 1 amide bonds. The lowest BCUT2D eigenvalue weighted by Gasteiger charge is -2.07. The number of ether oxygens (including phenoxy) is 1. The van der Waals surface area contributed by atoms with E-state index in [1.54, 1.807) is 42.9 Å². The number of rotatable bonds is 5. The predicted octanol–water partition coefficient (Wildman–Crippen LogP) is 2.86. The number of benzene rings is 1. The predicted molar refractivity (Wildman–Crippen MR) is 96.4 cm³/mol. The number of esters is 1. The molecule has 0 unspecified atom stereocenters. The van der Waals surface area contributed by atoms with E-state index in [9.17, 15) is 9.59 Å². The molecule has 0 saturated heterocycles. The Bertz CT molecular complexity index is 892. The first-order valence-corrected chi connectivity index (χ1v) is 7.99. The molecule has 26 heavy (non-hydrogen) atoms. The summed E-state index contributed by atoms with van der Waals surface area (Å²) in [4.78, 5) is 32.1. The average molecular weight is 347 g/mol. The van der Waals surface area contributed by atoms with Crippen LogP contribution in [0, 0.1) is 0 Å². The molecule has 6 nitrogen and oxygen atoms in total. The highest BCUT2D eigenvalue weighted by Gasteiger charge is 2.09. The molecule has 3 rings (SSSR count). The minimum Gasteiger partial charge on any atom is -0.465 e. The fourth-order valence-electron chi connectivity index (χ4n) is 2.37. The number of hydrogen-bond acceptors (Lipinski definition) is 5. The maximum atomic E-state index is 12.2. The van der Waals surface area contributed by atoms with Crippen LogP contribution in [0.4, 0.5) is 0 Å². The lowest BCUT2D eigenvalue weighted by molar-refractivity contribution is 0.0600. The zero-order valence-electron chi connectivity index (χ0n) is 14.2. The minimum atomic E-state index is -0.434. The van der Waals surface area contributed by atoms with E-state index in [-0.39, 0.29) is 5.91 Å². The molecule has 1 N–H and O–H groups in total. The van der Waals surface area contributed by atoms with Gasteiger partial charge in [0, 0.05) is 36.3 Å². The van der Waals surface area contributed by atoms with E-state index in [2.05, 4.69) is 20.0 Å². The summed E-state index contributed by atoms with van der Waals surface area (Å²) >= 11 is 0. The van der Waals surface area contributed by atoms with E-state index in [4.69, 9.17) is 0 Å². The minimum absolute atomic E-state index is 0.224. The molecule has 0 radical (unpaired) electrons. The summed E-state index contributed by atoms with van der Waals surface area (Å²) in [6.45, 7) is 0.359. The van der Waals surface area contributed by atoms with E-state index >= 15 is 0 Å². The highest BCUT2D eigenvalue weighted by molar-refractivity contribution is 5.96. The maximum Gasteiger partial charge on any atom is 0.337 e. The van der Waals surface area contributed by atoms with Crippen LogP contribution < -0.4 is 5.32 Å². The van der Waals surface area contributed by atoms with Gasteiger partial charge in [0.2, 0.25) is 0 Å². The Kier molecular flexibility index (Phi) is 5.34. The molecule has 2 heterocycles. The summed E-state index contributed by atoms with van der Waals surface area (Å²) in [6.07, 6.45) is 5.19. The summed E-state index contributed by atoms with van der Waals surface area (Å²) in [5.41, 5.74) is 3.52. The number of nitrogens with zero attached hydrogens (tertiary/aromatic N) is 2. The van der Waals surface area contributed by atoms with Crippen LogP contribution in [0.5, 0.6) is 0 Å². The molecule has 1 aromatic carbocycles. The van der Waals surface area contributed by atoms with Gasteiger partial charge in [-0.3, -0.25) is 14.8 Å². The Morgan fingerprint density at radius 3 is 2.38 bits per heavy atom. The smallest absolute Gasteiger partial charge is 0.337 e. The van der Waals surface area contributed by atoms with E-state index < -0.39 is 5.97 Å². The molecule has 2 aromatic heterocycles. The van der Waals surface area contributed by atoms with E-state index in [1.807, 2.05) is 24.3 Å². The second-order valence-electron chi connectivity index (χ2n) is 5.54. The highest BCUT2D eigenvalue weighted by atomic mass is 16.5. The third-order valence-corrected chi connectivity index (χ3v) is 3.80. The van der Waals surface area contributed by atoms with Crippen molar-refractivity contribution in [2.45, 2.75) is 6.54 Å². The first kappa shape index (κ1) is 17.3. The largest absolute Gasteiger partial charge is 0.465 e. The SMILES string of the molecule is COC(=O)c1ccc(C(=O)NCc2ccc(-c3cccnc3)nc2)cc1. The van der Waals surface area contributed by atoms with E-state index in [0.717, 1.165) is 16.8 Å². The fourth-order valence-corrected chi connectivity index (χ4v) is 2.37. The van der Waals surface area contributed by atoms with E-state index in [0.29, 0.717) is 17.7 Å². The van der Waals surface area contributed by atoms with Gasteiger partial charge in [0.05, 0.1) is 18.4 Å². The molecule has 3 aromatic rings. The number of methoxy groups -OCH3 is 1. The van der Waals surface area contributed by atoms with Gasteiger partial charge in [-0.1, -0.05) is 6.07 Å². The van der Waals surface area contributed by atoms with Crippen LogP contribution in [0.25, 0.3) is 11.3 Å². The third-order valence-electron chi connectivity index (χ3n) is 3.80. The average Bonchev–Trinajstić information content (AvgIpc) is 2.72. The molecular weight excluding hydrogens is 330 g/mol. The number of carbonyl (C=O) groups excluding carboxylic acids is 2. The number of nitrogens with one attached hydrogen (secondary N) is 1. The molecule has 0 fully saturated rings. The van der Waals surface area contributed by atoms with Crippen molar-refractivity contribution in [2.24, 2.45) is 0 Å². The van der Waals surface area contributed by atoms with Crippen LogP contribution in [-0.4, -0.2) is 29.0 Å². The second-order valence-corrected chi connectivity index (χ2v) is 5.54.